The standard InChI is InChI=1S/C16H25NO2/c1-6-15(16(18)17-13(5)11(2)3)19-14-9-7-8-12(4)10-14/h7-11,13,15H,6H2,1-5H3,(H,17,18)/t13-,15-/m0/s1. The van der Waals surface area contributed by atoms with Crippen LogP contribution in [0.1, 0.15) is 39.7 Å². The van der Waals surface area contributed by atoms with Gasteiger partial charge < -0.3 is 10.1 Å². The molecule has 0 saturated heterocycles. The summed E-state index contributed by atoms with van der Waals surface area (Å²) in [6.45, 7) is 10.2. The molecule has 1 rings (SSSR count). The monoisotopic (exact) mass is 263 g/mol. The van der Waals surface area contributed by atoms with Gasteiger partial charge in [0, 0.05) is 6.04 Å². The molecule has 0 bridgehead atoms. The number of hydrogen-bond donors (Lipinski definition) is 1. The van der Waals surface area contributed by atoms with Crippen LogP contribution >= 0.6 is 0 Å². The number of nitrogens with one attached hydrogen (secondary N) is 1. The zero-order valence-electron chi connectivity index (χ0n) is 12.6. The van der Waals surface area contributed by atoms with E-state index in [1.807, 2.05) is 45.0 Å². The van der Waals surface area contributed by atoms with Crippen molar-refractivity contribution in [1.29, 1.82) is 0 Å². The summed E-state index contributed by atoms with van der Waals surface area (Å²) in [4.78, 5) is 12.1. The molecule has 0 aliphatic heterocycles. The van der Waals surface area contributed by atoms with Crippen molar-refractivity contribution < 1.29 is 9.53 Å². The highest BCUT2D eigenvalue weighted by Crippen LogP contribution is 2.15. The highest BCUT2D eigenvalue weighted by molar-refractivity contribution is 5.81. The molecule has 0 aliphatic rings. The maximum Gasteiger partial charge on any atom is 0.261 e. The molecular formula is C16H25NO2. The molecule has 19 heavy (non-hydrogen) atoms. The lowest BCUT2D eigenvalue weighted by molar-refractivity contribution is -0.129. The van der Waals surface area contributed by atoms with Crippen LogP contribution in [0.15, 0.2) is 24.3 Å². The minimum atomic E-state index is -0.428. The van der Waals surface area contributed by atoms with Crippen LogP contribution in [0.4, 0.5) is 0 Å². The van der Waals surface area contributed by atoms with Gasteiger partial charge in [-0.15, -0.1) is 0 Å². The zero-order chi connectivity index (χ0) is 14.4. The summed E-state index contributed by atoms with van der Waals surface area (Å²) in [5.41, 5.74) is 1.13. The largest absolute Gasteiger partial charge is 0.481 e. The van der Waals surface area contributed by atoms with E-state index >= 15 is 0 Å². The molecule has 0 heterocycles. The third-order valence-electron chi connectivity index (χ3n) is 3.30. The number of aryl methyl sites for hydroxylation is 1. The third-order valence-corrected chi connectivity index (χ3v) is 3.30. The second kappa shape index (κ2) is 7.17. The molecule has 0 radical (unpaired) electrons. The smallest absolute Gasteiger partial charge is 0.261 e. The second-order valence-electron chi connectivity index (χ2n) is 5.37. The van der Waals surface area contributed by atoms with E-state index in [0.29, 0.717) is 12.3 Å². The molecule has 0 aliphatic carbocycles. The Morgan fingerprint density at radius 3 is 2.53 bits per heavy atom. The van der Waals surface area contributed by atoms with Crippen LogP contribution in [0.3, 0.4) is 0 Å². The first-order valence-corrected chi connectivity index (χ1v) is 6.97. The van der Waals surface area contributed by atoms with Crippen LogP contribution in [0.2, 0.25) is 0 Å². The van der Waals surface area contributed by atoms with Crippen molar-refractivity contribution in [3.8, 4) is 5.75 Å². The van der Waals surface area contributed by atoms with E-state index in [1.165, 1.54) is 0 Å². The van der Waals surface area contributed by atoms with Gasteiger partial charge in [0.1, 0.15) is 5.75 Å². The number of carbonyl (C=O) groups excluding carboxylic acids is 1. The summed E-state index contributed by atoms with van der Waals surface area (Å²) in [5, 5.41) is 3.00. The van der Waals surface area contributed by atoms with Gasteiger partial charge in [-0.2, -0.15) is 0 Å². The van der Waals surface area contributed by atoms with Crippen molar-refractivity contribution in [1.82, 2.24) is 5.32 Å². The Morgan fingerprint density at radius 1 is 1.32 bits per heavy atom. The molecule has 0 aromatic heterocycles. The molecule has 0 spiro atoms. The fraction of sp³-hybridized carbons (Fsp3) is 0.562. The normalized spacial score (nSPS) is 14.0. The fourth-order valence-electron chi connectivity index (χ4n) is 1.66. The van der Waals surface area contributed by atoms with Crippen molar-refractivity contribution >= 4 is 5.91 Å². The quantitative estimate of drug-likeness (QED) is 0.855. The summed E-state index contributed by atoms with van der Waals surface area (Å²) in [7, 11) is 0. The lowest BCUT2D eigenvalue weighted by atomic mass is 10.1. The van der Waals surface area contributed by atoms with Crippen LogP contribution in [-0.2, 0) is 4.79 Å². The minimum Gasteiger partial charge on any atom is -0.481 e. The maximum atomic E-state index is 12.1. The number of ether oxygens (including phenoxy) is 1. The first kappa shape index (κ1) is 15.5. The number of carbonyl (C=O) groups is 1. The van der Waals surface area contributed by atoms with Gasteiger partial charge in [-0.05, 0) is 43.9 Å². The number of amides is 1. The lowest BCUT2D eigenvalue weighted by Gasteiger charge is -2.22. The summed E-state index contributed by atoms with van der Waals surface area (Å²) in [6.07, 6.45) is 0.230. The maximum absolute atomic E-state index is 12.1. The van der Waals surface area contributed by atoms with Gasteiger partial charge in [0.25, 0.3) is 5.91 Å². The predicted molar refractivity (Wildman–Crippen MR) is 78.3 cm³/mol. The number of hydrogen-bond acceptors (Lipinski definition) is 2. The van der Waals surface area contributed by atoms with Crippen molar-refractivity contribution in [2.45, 2.75) is 53.2 Å². The van der Waals surface area contributed by atoms with E-state index in [0.717, 1.165) is 11.3 Å². The van der Waals surface area contributed by atoms with Crippen molar-refractivity contribution in [3.63, 3.8) is 0 Å². The molecule has 1 aromatic carbocycles. The van der Waals surface area contributed by atoms with Crippen LogP contribution in [0, 0.1) is 12.8 Å². The molecule has 3 nitrogen and oxygen atoms in total. The van der Waals surface area contributed by atoms with E-state index < -0.39 is 6.10 Å². The highest BCUT2D eigenvalue weighted by atomic mass is 16.5. The molecule has 2 atom stereocenters. The molecule has 1 amide bonds. The van der Waals surface area contributed by atoms with E-state index in [4.69, 9.17) is 4.74 Å². The van der Waals surface area contributed by atoms with Gasteiger partial charge in [-0.25, -0.2) is 0 Å². The lowest BCUT2D eigenvalue weighted by Crippen LogP contribution is -2.44. The van der Waals surface area contributed by atoms with Gasteiger partial charge in [0.05, 0.1) is 0 Å². The first-order valence-electron chi connectivity index (χ1n) is 6.97. The second-order valence-corrected chi connectivity index (χ2v) is 5.37. The Hall–Kier alpha value is -1.51. The van der Waals surface area contributed by atoms with Gasteiger partial charge in [-0.1, -0.05) is 32.9 Å². The molecule has 1 aromatic rings. The van der Waals surface area contributed by atoms with Gasteiger partial charge in [0.15, 0.2) is 6.10 Å². The fourth-order valence-corrected chi connectivity index (χ4v) is 1.66. The summed E-state index contributed by atoms with van der Waals surface area (Å²) < 4.78 is 5.77. The van der Waals surface area contributed by atoms with Crippen molar-refractivity contribution in [2.75, 3.05) is 0 Å². The minimum absolute atomic E-state index is 0.0368. The van der Waals surface area contributed by atoms with Crippen LogP contribution in [-0.4, -0.2) is 18.1 Å². The number of benzene rings is 1. The molecule has 3 heteroatoms. The van der Waals surface area contributed by atoms with E-state index in [2.05, 4.69) is 19.2 Å². The zero-order valence-corrected chi connectivity index (χ0v) is 12.6. The van der Waals surface area contributed by atoms with E-state index in [-0.39, 0.29) is 11.9 Å². The molecule has 106 valence electrons. The Morgan fingerprint density at radius 2 is 2.00 bits per heavy atom. The van der Waals surface area contributed by atoms with Crippen molar-refractivity contribution in [3.05, 3.63) is 29.8 Å². The molecule has 0 saturated carbocycles. The van der Waals surface area contributed by atoms with Crippen molar-refractivity contribution in [2.24, 2.45) is 5.92 Å². The predicted octanol–water partition coefficient (Wildman–Crippen LogP) is 3.31. The van der Waals surface area contributed by atoms with Gasteiger partial charge in [0.2, 0.25) is 0 Å². The Kier molecular flexibility index (Phi) is 5.87. The Labute approximate surface area is 116 Å². The van der Waals surface area contributed by atoms with Gasteiger partial charge >= 0.3 is 0 Å². The van der Waals surface area contributed by atoms with Crippen LogP contribution < -0.4 is 10.1 Å². The average Bonchev–Trinajstić information content (AvgIpc) is 2.35. The Bertz CT molecular complexity index is 415. The van der Waals surface area contributed by atoms with Gasteiger partial charge in [-0.3, -0.25) is 4.79 Å². The SMILES string of the molecule is CC[C@H](Oc1cccc(C)c1)C(=O)N[C@@H](C)C(C)C. The first-order chi connectivity index (χ1) is 8.93. The van der Waals surface area contributed by atoms with Crippen LogP contribution in [0.25, 0.3) is 0 Å². The van der Waals surface area contributed by atoms with E-state index in [1.54, 1.807) is 0 Å². The topological polar surface area (TPSA) is 38.3 Å². The molecule has 1 N–H and O–H groups in total. The highest BCUT2D eigenvalue weighted by Gasteiger charge is 2.21. The summed E-state index contributed by atoms with van der Waals surface area (Å²) in [6, 6.07) is 7.93. The molecular weight excluding hydrogens is 238 g/mol. The number of rotatable bonds is 6. The third kappa shape index (κ3) is 4.93. The summed E-state index contributed by atoms with van der Waals surface area (Å²) in [5.74, 6) is 1.13. The van der Waals surface area contributed by atoms with Crippen LogP contribution in [0.5, 0.6) is 5.75 Å². The summed E-state index contributed by atoms with van der Waals surface area (Å²) >= 11 is 0. The van der Waals surface area contributed by atoms with E-state index in [9.17, 15) is 4.79 Å². The molecule has 0 fully saturated rings. The molecule has 0 unspecified atom stereocenters. The average molecular weight is 263 g/mol. The Balaban J connectivity index is 2.65.